The quantitative estimate of drug-likeness (QED) is 0.470. The zero-order valence-electron chi connectivity index (χ0n) is 7.11. The highest BCUT2D eigenvalue weighted by atomic mass is 16.6. The van der Waals surface area contributed by atoms with E-state index in [-0.39, 0.29) is 0 Å². The van der Waals surface area contributed by atoms with Crippen LogP contribution in [0.2, 0.25) is 0 Å². The lowest BCUT2D eigenvalue weighted by atomic mass is 9.63. The van der Waals surface area contributed by atoms with E-state index in [2.05, 4.69) is 20.8 Å². The Bertz CT molecular complexity index is 143. The van der Waals surface area contributed by atoms with Gasteiger partial charge in [0.15, 0.2) is 0 Å². The summed E-state index contributed by atoms with van der Waals surface area (Å²) < 4.78 is 5.36. The van der Waals surface area contributed by atoms with E-state index in [0.717, 1.165) is 12.5 Å². The fourth-order valence-electron chi connectivity index (χ4n) is 1.79. The van der Waals surface area contributed by atoms with E-state index < -0.39 is 0 Å². The van der Waals surface area contributed by atoms with Crippen LogP contribution in [0.1, 0.15) is 33.6 Å². The molecule has 1 saturated carbocycles. The first-order valence-electron chi connectivity index (χ1n) is 4.16. The van der Waals surface area contributed by atoms with Crippen LogP contribution in [0.5, 0.6) is 0 Å². The number of hydrogen-bond acceptors (Lipinski definition) is 1. The maximum atomic E-state index is 5.36. The number of hydrogen-bond donors (Lipinski definition) is 0. The monoisotopic (exact) mass is 140 g/mol. The van der Waals surface area contributed by atoms with Gasteiger partial charge in [-0.1, -0.05) is 20.8 Å². The van der Waals surface area contributed by atoms with Crippen molar-refractivity contribution in [2.45, 2.75) is 39.2 Å². The summed E-state index contributed by atoms with van der Waals surface area (Å²) in [6.45, 7) is 8.02. The summed E-state index contributed by atoms with van der Waals surface area (Å²) in [7, 11) is 0. The largest absolute Gasteiger partial charge is 0.370 e. The molecule has 0 radical (unpaired) electrons. The summed E-state index contributed by atoms with van der Waals surface area (Å²) in [5.74, 6) is 0.912. The zero-order chi connectivity index (χ0) is 7.41. The fourth-order valence-corrected chi connectivity index (χ4v) is 1.79. The average Bonchev–Trinajstić information content (AvgIpc) is 2.32. The third-order valence-electron chi connectivity index (χ3n) is 3.01. The van der Waals surface area contributed by atoms with Gasteiger partial charge in [0.25, 0.3) is 0 Å². The van der Waals surface area contributed by atoms with E-state index in [1.165, 1.54) is 12.8 Å². The summed E-state index contributed by atoms with van der Waals surface area (Å²) in [4.78, 5) is 0. The SMILES string of the molecule is CC(C)(C)C1CC2(CO2)C1. The lowest BCUT2D eigenvalue weighted by Crippen LogP contribution is -2.39. The molecule has 1 heteroatoms. The lowest BCUT2D eigenvalue weighted by Gasteiger charge is -2.42. The van der Waals surface area contributed by atoms with Gasteiger partial charge in [-0.2, -0.15) is 0 Å². The highest BCUT2D eigenvalue weighted by Crippen LogP contribution is 2.55. The zero-order valence-corrected chi connectivity index (χ0v) is 7.11. The third kappa shape index (κ3) is 0.878. The van der Waals surface area contributed by atoms with Crippen molar-refractivity contribution in [3.8, 4) is 0 Å². The highest BCUT2D eigenvalue weighted by Gasteiger charge is 2.57. The molecule has 58 valence electrons. The molecule has 0 aromatic heterocycles. The Morgan fingerprint density at radius 1 is 1.30 bits per heavy atom. The first kappa shape index (κ1) is 6.66. The topological polar surface area (TPSA) is 12.5 Å². The number of epoxide rings is 1. The van der Waals surface area contributed by atoms with Crippen LogP contribution in [0, 0.1) is 11.3 Å². The summed E-state index contributed by atoms with van der Waals surface area (Å²) >= 11 is 0. The lowest BCUT2D eigenvalue weighted by molar-refractivity contribution is 0.0442. The van der Waals surface area contributed by atoms with Gasteiger partial charge in [-0.15, -0.1) is 0 Å². The molecule has 0 aromatic carbocycles. The smallest absolute Gasteiger partial charge is 0.0922 e. The minimum Gasteiger partial charge on any atom is -0.370 e. The Balaban J connectivity index is 1.90. The molecule has 2 rings (SSSR count). The van der Waals surface area contributed by atoms with Gasteiger partial charge in [0.2, 0.25) is 0 Å². The second-order valence-corrected chi connectivity index (χ2v) is 4.94. The molecule has 2 aliphatic rings. The van der Waals surface area contributed by atoms with Gasteiger partial charge in [0, 0.05) is 0 Å². The molecule has 2 fully saturated rings. The van der Waals surface area contributed by atoms with Crippen molar-refractivity contribution in [2.75, 3.05) is 6.61 Å². The van der Waals surface area contributed by atoms with E-state index in [1.807, 2.05) is 0 Å². The van der Waals surface area contributed by atoms with Crippen molar-refractivity contribution in [1.82, 2.24) is 0 Å². The summed E-state index contributed by atoms with van der Waals surface area (Å²) in [5, 5.41) is 0. The van der Waals surface area contributed by atoms with Crippen LogP contribution in [0.25, 0.3) is 0 Å². The molecule has 0 atom stereocenters. The van der Waals surface area contributed by atoms with E-state index >= 15 is 0 Å². The molecule has 1 aliphatic heterocycles. The van der Waals surface area contributed by atoms with Gasteiger partial charge in [0.1, 0.15) is 0 Å². The molecule has 1 nitrogen and oxygen atoms in total. The van der Waals surface area contributed by atoms with Gasteiger partial charge < -0.3 is 4.74 Å². The molecule has 0 amide bonds. The predicted molar refractivity (Wildman–Crippen MR) is 40.9 cm³/mol. The second-order valence-electron chi connectivity index (χ2n) is 4.94. The number of ether oxygens (including phenoxy) is 1. The standard InChI is InChI=1S/C9H16O/c1-8(2,3)7-4-9(5-7)6-10-9/h7H,4-6H2,1-3H3. The average molecular weight is 140 g/mol. The summed E-state index contributed by atoms with van der Waals surface area (Å²) in [5.41, 5.74) is 0.912. The van der Waals surface area contributed by atoms with Crippen LogP contribution in [0.15, 0.2) is 0 Å². The van der Waals surface area contributed by atoms with Crippen LogP contribution in [0.3, 0.4) is 0 Å². The Labute approximate surface area is 62.8 Å². The Hall–Kier alpha value is -0.0400. The van der Waals surface area contributed by atoms with Crippen molar-refractivity contribution in [2.24, 2.45) is 11.3 Å². The molecule has 0 aromatic rings. The van der Waals surface area contributed by atoms with Crippen LogP contribution in [-0.2, 0) is 4.74 Å². The van der Waals surface area contributed by atoms with E-state index in [9.17, 15) is 0 Å². The Kier molecular flexibility index (Phi) is 1.05. The molecular formula is C9H16O. The summed E-state index contributed by atoms with van der Waals surface area (Å²) in [6.07, 6.45) is 2.63. The molecule has 1 saturated heterocycles. The van der Waals surface area contributed by atoms with Gasteiger partial charge in [-0.3, -0.25) is 0 Å². The van der Waals surface area contributed by atoms with Gasteiger partial charge >= 0.3 is 0 Å². The minimum atomic E-state index is 0.401. The molecular weight excluding hydrogens is 124 g/mol. The van der Waals surface area contributed by atoms with Crippen molar-refractivity contribution in [1.29, 1.82) is 0 Å². The maximum Gasteiger partial charge on any atom is 0.0922 e. The molecule has 0 unspecified atom stereocenters. The van der Waals surface area contributed by atoms with E-state index in [4.69, 9.17) is 4.74 Å². The molecule has 0 bridgehead atoms. The second kappa shape index (κ2) is 1.58. The summed E-state index contributed by atoms with van der Waals surface area (Å²) in [6, 6.07) is 0. The molecule has 0 N–H and O–H groups in total. The minimum absolute atomic E-state index is 0.401. The van der Waals surface area contributed by atoms with Crippen LogP contribution >= 0.6 is 0 Å². The molecule has 1 spiro atoms. The first-order chi connectivity index (χ1) is 4.52. The third-order valence-corrected chi connectivity index (χ3v) is 3.01. The molecule has 10 heavy (non-hydrogen) atoms. The predicted octanol–water partition coefficient (Wildman–Crippen LogP) is 2.21. The van der Waals surface area contributed by atoms with E-state index in [1.54, 1.807) is 0 Å². The molecule has 1 heterocycles. The Morgan fingerprint density at radius 3 is 2.10 bits per heavy atom. The maximum absolute atomic E-state index is 5.36. The van der Waals surface area contributed by atoms with Crippen LogP contribution in [0.4, 0.5) is 0 Å². The first-order valence-corrected chi connectivity index (χ1v) is 4.16. The van der Waals surface area contributed by atoms with E-state index in [0.29, 0.717) is 11.0 Å². The van der Waals surface area contributed by atoms with Gasteiger partial charge in [0.05, 0.1) is 12.2 Å². The fraction of sp³-hybridized carbons (Fsp3) is 1.00. The number of rotatable bonds is 0. The van der Waals surface area contributed by atoms with Crippen molar-refractivity contribution in [3.63, 3.8) is 0 Å². The van der Waals surface area contributed by atoms with Crippen LogP contribution < -0.4 is 0 Å². The molecule has 1 aliphatic carbocycles. The van der Waals surface area contributed by atoms with Gasteiger partial charge in [-0.25, -0.2) is 0 Å². The van der Waals surface area contributed by atoms with Crippen molar-refractivity contribution < 1.29 is 4.74 Å². The normalized spacial score (nSPS) is 45.3. The van der Waals surface area contributed by atoms with Crippen molar-refractivity contribution >= 4 is 0 Å². The van der Waals surface area contributed by atoms with Crippen molar-refractivity contribution in [3.05, 3.63) is 0 Å². The van der Waals surface area contributed by atoms with Crippen LogP contribution in [-0.4, -0.2) is 12.2 Å². The van der Waals surface area contributed by atoms with Gasteiger partial charge in [-0.05, 0) is 24.2 Å². The Morgan fingerprint density at radius 2 is 1.80 bits per heavy atom. The highest BCUT2D eigenvalue weighted by molar-refractivity contribution is 5.06.